The second-order valence-electron chi connectivity index (χ2n) is 3.27. The van der Waals surface area contributed by atoms with Crippen LogP contribution >= 0.6 is 15.9 Å². The fourth-order valence-corrected chi connectivity index (χ4v) is 1.55. The predicted octanol–water partition coefficient (Wildman–Crippen LogP) is 3.96. The molecule has 0 atom stereocenters. The first-order valence-electron chi connectivity index (χ1n) is 4.56. The average Bonchev–Trinajstić information content (AvgIpc) is 2.23. The highest BCUT2D eigenvalue weighted by atomic mass is 79.9. The van der Waals surface area contributed by atoms with Gasteiger partial charge in [-0.15, -0.1) is 0 Å². The summed E-state index contributed by atoms with van der Waals surface area (Å²) in [5.74, 6) is -0.229. The summed E-state index contributed by atoms with van der Waals surface area (Å²) in [5.41, 5.74) is 2.71. The van der Waals surface area contributed by atoms with E-state index in [9.17, 15) is 4.39 Å². The van der Waals surface area contributed by atoms with Crippen molar-refractivity contribution in [3.8, 4) is 11.3 Å². The largest absolute Gasteiger partial charge is 0.252 e. The average molecular weight is 266 g/mol. The van der Waals surface area contributed by atoms with Gasteiger partial charge in [-0.2, -0.15) is 0 Å². The lowest BCUT2D eigenvalue weighted by Crippen LogP contribution is -1.88. The molecular formula is C12H9BrFN. The number of aryl methyl sites for hydroxylation is 1. The number of nitrogens with zero attached hydrogens (tertiary/aromatic N) is 1. The maximum atomic E-state index is 12.7. The van der Waals surface area contributed by atoms with E-state index in [1.807, 2.05) is 19.1 Å². The first-order chi connectivity index (χ1) is 7.16. The van der Waals surface area contributed by atoms with E-state index < -0.39 is 0 Å². The molecule has 1 aromatic heterocycles. The Hall–Kier alpha value is -1.22. The maximum Gasteiger partial charge on any atom is 0.123 e. The summed E-state index contributed by atoms with van der Waals surface area (Å²) >= 11 is 3.39. The minimum Gasteiger partial charge on any atom is -0.252 e. The molecular weight excluding hydrogens is 257 g/mol. The van der Waals surface area contributed by atoms with E-state index in [1.165, 1.54) is 12.1 Å². The van der Waals surface area contributed by atoms with Crippen LogP contribution in [0.1, 0.15) is 5.69 Å². The third-order valence-corrected chi connectivity index (χ3v) is 3.00. The Balaban J connectivity index is 2.45. The molecule has 0 amide bonds. The maximum absolute atomic E-state index is 12.7. The number of pyridine rings is 1. The zero-order valence-corrected chi connectivity index (χ0v) is 9.75. The van der Waals surface area contributed by atoms with E-state index in [0.717, 1.165) is 21.4 Å². The highest BCUT2D eigenvalue weighted by Gasteiger charge is 2.01. The van der Waals surface area contributed by atoms with Crippen molar-refractivity contribution in [1.29, 1.82) is 0 Å². The summed E-state index contributed by atoms with van der Waals surface area (Å²) in [5, 5.41) is 0. The number of rotatable bonds is 1. The fourth-order valence-electron chi connectivity index (χ4n) is 1.33. The van der Waals surface area contributed by atoms with Crippen LogP contribution in [-0.2, 0) is 0 Å². The van der Waals surface area contributed by atoms with E-state index in [4.69, 9.17) is 0 Å². The van der Waals surface area contributed by atoms with Gasteiger partial charge in [-0.05, 0) is 59.3 Å². The molecule has 0 saturated heterocycles. The lowest BCUT2D eigenvalue weighted by atomic mass is 10.1. The lowest BCUT2D eigenvalue weighted by molar-refractivity contribution is 0.628. The Bertz CT molecular complexity index is 479. The molecule has 1 aromatic carbocycles. The van der Waals surface area contributed by atoms with Crippen molar-refractivity contribution >= 4 is 15.9 Å². The van der Waals surface area contributed by atoms with Gasteiger partial charge in [0, 0.05) is 10.0 Å². The van der Waals surface area contributed by atoms with Crippen molar-refractivity contribution in [3.63, 3.8) is 0 Å². The van der Waals surface area contributed by atoms with Gasteiger partial charge in [0.05, 0.1) is 11.4 Å². The normalized spacial score (nSPS) is 10.3. The molecule has 2 rings (SSSR count). The molecule has 76 valence electrons. The monoisotopic (exact) mass is 265 g/mol. The Morgan fingerprint density at radius 1 is 1.07 bits per heavy atom. The van der Waals surface area contributed by atoms with Crippen molar-refractivity contribution in [2.45, 2.75) is 6.92 Å². The first kappa shape index (κ1) is 10.3. The zero-order valence-electron chi connectivity index (χ0n) is 8.17. The summed E-state index contributed by atoms with van der Waals surface area (Å²) in [7, 11) is 0. The van der Waals surface area contributed by atoms with Crippen molar-refractivity contribution in [2.75, 3.05) is 0 Å². The number of hydrogen-bond donors (Lipinski definition) is 0. The van der Waals surface area contributed by atoms with Gasteiger partial charge in [0.1, 0.15) is 5.82 Å². The highest BCUT2D eigenvalue weighted by molar-refractivity contribution is 9.10. The number of benzene rings is 1. The molecule has 0 bridgehead atoms. The van der Waals surface area contributed by atoms with Crippen LogP contribution in [0.3, 0.4) is 0 Å². The second kappa shape index (κ2) is 4.11. The standard InChI is InChI=1S/C12H9BrFN/c1-8-11(13)6-7-12(15-8)9-2-4-10(14)5-3-9/h2-7H,1H3. The summed E-state index contributed by atoms with van der Waals surface area (Å²) in [6.45, 7) is 1.93. The molecule has 0 aliphatic rings. The van der Waals surface area contributed by atoms with Crippen molar-refractivity contribution in [3.05, 3.63) is 52.4 Å². The topological polar surface area (TPSA) is 12.9 Å². The summed E-state index contributed by atoms with van der Waals surface area (Å²) in [6.07, 6.45) is 0. The molecule has 0 fully saturated rings. The van der Waals surface area contributed by atoms with Crippen LogP contribution in [0.15, 0.2) is 40.9 Å². The summed E-state index contributed by atoms with van der Waals surface area (Å²) < 4.78 is 13.7. The minimum atomic E-state index is -0.229. The first-order valence-corrected chi connectivity index (χ1v) is 5.35. The molecule has 0 radical (unpaired) electrons. The molecule has 0 saturated carbocycles. The summed E-state index contributed by atoms with van der Waals surface area (Å²) in [4.78, 5) is 4.40. The van der Waals surface area contributed by atoms with Crippen LogP contribution in [0.5, 0.6) is 0 Å². The SMILES string of the molecule is Cc1nc(-c2ccc(F)cc2)ccc1Br. The highest BCUT2D eigenvalue weighted by Crippen LogP contribution is 2.21. The lowest BCUT2D eigenvalue weighted by Gasteiger charge is -2.03. The Morgan fingerprint density at radius 3 is 2.33 bits per heavy atom. The molecule has 3 heteroatoms. The molecule has 2 aromatic rings. The Kier molecular flexibility index (Phi) is 2.82. The fraction of sp³-hybridized carbons (Fsp3) is 0.0833. The third kappa shape index (κ3) is 2.23. The number of halogens is 2. The predicted molar refractivity (Wildman–Crippen MR) is 62.1 cm³/mol. The van der Waals surface area contributed by atoms with E-state index in [1.54, 1.807) is 12.1 Å². The van der Waals surface area contributed by atoms with Crippen LogP contribution in [0, 0.1) is 12.7 Å². The molecule has 1 nitrogen and oxygen atoms in total. The zero-order chi connectivity index (χ0) is 10.8. The number of hydrogen-bond acceptors (Lipinski definition) is 1. The van der Waals surface area contributed by atoms with Gasteiger partial charge in [-0.1, -0.05) is 0 Å². The van der Waals surface area contributed by atoms with Gasteiger partial charge >= 0.3 is 0 Å². The molecule has 0 aliphatic carbocycles. The van der Waals surface area contributed by atoms with Crippen molar-refractivity contribution in [1.82, 2.24) is 4.98 Å². The Morgan fingerprint density at radius 2 is 1.73 bits per heavy atom. The van der Waals surface area contributed by atoms with Gasteiger partial charge in [0.25, 0.3) is 0 Å². The van der Waals surface area contributed by atoms with Crippen LogP contribution in [0.2, 0.25) is 0 Å². The quantitative estimate of drug-likeness (QED) is 0.761. The second-order valence-corrected chi connectivity index (χ2v) is 4.12. The van der Waals surface area contributed by atoms with Crippen LogP contribution in [0.25, 0.3) is 11.3 Å². The molecule has 15 heavy (non-hydrogen) atoms. The molecule has 0 unspecified atom stereocenters. The van der Waals surface area contributed by atoms with E-state index in [0.29, 0.717) is 0 Å². The van der Waals surface area contributed by atoms with E-state index in [2.05, 4.69) is 20.9 Å². The molecule has 0 N–H and O–H groups in total. The van der Waals surface area contributed by atoms with Crippen LogP contribution in [-0.4, -0.2) is 4.98 Å². The van der Waals surface area contributed by atoms with Gasteiger partial charge in [-0.25, -0.2) is 4.39 Å². The smallest absolute Gasteiger partial charge is 0.123 e. The minimum absolute atomic E-state index is 0.229. The Labute approximate surface area is 96.1 Å². The van der Waals surface area contributed by atoms with E-state index in [-0.39, 0.29) is 5.82 Å². The molecule has 0 aliphatic heterocycles. The van der Waals surface area contributed by atoms with Gasteiger partial charge in [-0.3, -0.25) is 4.98 Å². The summed E-state index contributed by atoms with van der Waals surface area (Å²) in [6, 6.07) is 10.2. The van der Waals surface area contributed by atoms with Gasteiger partial charge < -0.3 is 0 Å². The molecule has 1 heterocycles. The number of aromatic nitrogens is 1. The van der Waals surface area contributed by atoms with Crippen molar-refractivity contribution < 1.29 is 4.39 Å². The van der Waals surface area contributed by atoms with Crippen molar-refractivity contribution in [2.24, 2.45) is 0 Å². The third-order valence-electron chi connectivity index (χ3n) is 2.16. The molecule has 0 spiro atoms. The van der Waals surface area contributed by atoms with Gasteiger partial charge in [0.15, 0.2) is 0 Å². The van der Waals surface area contributed by atoms with Crippen LogP contribution in [0.4, 0.5) is 4.39 Å². The van der Waals surface area contributed by atoms with Gasteiger partial charge in [0.2, 0.25) is 0 Å². The van der Waals surface area contributed by atoms with E-state index >= 15 is 0 Å². The van der Waals surface area contributed by atoms with Crippen LogP contribution < -0.4 is 0 Å².